The minimum atomic E-state index is -0.178. The number of nitrogens with one attached hydrogen (secondary N) is 1. The van der Waals surface area contributed by atoms with Crippen molar-refractivity contribution in [1.29, 1.82) is 0 Å². The van der Waals surface area contributed by atoms with Crippen LogP contribution in [0.25, 0.3) is 4.96 Å². The Hall–Kier alpha value is -1.40. The highest BCUT2D eigenvalue weighted by molar-refractivity contribution is 7.15. The lowest BCUT2D eigenvalue weighted by atomic mass is 10.3. The van der Waals surface area contributed by atoms with Crippen LogP contribution < -0.4 is 5.48 Å². The maximum atomic E-state index is 11.3. The van der Waals surface area contributed by atoms with E-state index in [4.69, 9.17) is 4.84 Å². The van der Waals surface area contributed by atoms with Crippen LogP contribution in [-0.4, -0.2) is 21.9 Å². The van der Waals surface area contributed by atoms with Crippen LogP contribution in [0, 0.1) is 0 Å². The zero-order chi connectivity index (χ0) is 10.7. The number of rotatable bonds is 4. The molecule has 0 aliphatic rings. The molecule has 0 aliphatic heterocycles. The third-order valence-corrected chi connectivity index (χ3v) is 2.59. The Morgan fingerprint density at radius 1 is 1.73 bits per heavy atom. The lowest BCUT2D eigenvalue weighted by Gasteiger charge is -2.00. The summed E-state index contributed by atoms with van der Waals surface area (Å²) in [6.07, 6.45) is 4.00. The van der Waals surface area contributed by atoms with E-state index in [0.29, 0.717) is 6.61 Å². The van der Waals surface area contributed by atoms with Gasteiger partial charge in [-0.25, -0.2) is 10.5 Å². The smallest absolute Gasteiger partial charge is 0.249 e. The Morgan fingerprint density at radius 2 is 2.60 bits per heavy atom. The first-order valence-electron chi connectivity index (χ1n) is 4.61. The molecule has 80 valence electrons. The summed E-state index contributed by atoms with van der Waals surface area (Å²) in [5.41, 5.74) is 3.08. The number of fused-ring (bicyclic) bond motifs is 1. The van der Waals surface area contributed by atoms with E-state index in [9.17, 15) is 4.79 Å². The minimum Gasteiger partial charge on any atom is -0.297 e. The first-order valence-corrected chi connectivity index (χ1v) is 5.49. The summed E-state index contributed by atoms with van der Waals surface area (Å²) in [6, 6.07) is 0. The number of imidazole rings is 1. The number of hydrogen-bond donors (Lipinski definition) is 1. The zero-order valence-corrected chi connectivity index (χ0v) is 9.08. The molecule has 2 rings (SSSR count). The van der Waals surface area contributed by atoms with E-state index in [0.717, 1.165) is 10.7 Å². The summed E-state index contributed by atoms with van der Waals surface area (Å²) in [7, 11) is 0. The topological polar surface area (TPSA) is 55.6 Å². The van der Waals surface area contributed by atoms with Crippen molar-refractivity contribution in [2.24, 2.45) is 0 Å². The van der Waals surface area contributed by atoms with E-state index in [1.165, 1.54) is 0 Å². The molecule has 2 aromatic heterocycles. The van der Waals surface area contributed by atoms with Crippen molar-refractivity contribution in [3.63, 3.8) is 0 Å². The van der Waals surface area contributed by atoms with Crippen LogP contribution in [-0.2, 0) is 16.1 Å². The van der Waals surface area contributed by atoms with E-state index in [1.807, 2.05) is 29.1 Å². The van der Waals surface area contributed by atoms with Crippen LogP contribution in [0.3, 0.4) is 0 Å². The second-order valence-corrected chi connectivity index (χ2v) is 3.83. The van der Waals surface area contributed by atoms with Gasteiger partial charge >= 0.3 is 0 Å². The third kappa shape index (κ3) is 2.34. The van der Waals surface area contributed by atoms with Gasteiger partial charge in [-0.2, -0.15) is 0 Å². The van der Waals surface area contributed by atoms with Crippen molar-refractivity contribution in [2.75, 3.05) is 6.61 Å². The molecule has 0 aliphatic carbocycles. The maximum absolute atomic E-state index is 11.3. The van der Waals surface area contributed by atoms with Gasteiger partial charge in [0.1, 0.15) is 0 Å². The Kier molecular flexibility index (Phi) is 2.98. The highest BCUT2D eigenvalue weighted by Gasteiger charge is 2.07. The molecule has 2 aromatic rings. The summed E-state index contributed by atoms with van der Waals surface area (Å²) in [5, 5.41) is 1.95. The molecule has 0 saturated heterocycles. The Morgan fingerprint density at radius 3 is 3.33 bits per heavy atom. The third-order valence-electron chi connectivity index (χ3n) is 1.82. The van der Waals surface area contributed by atoms with Crippen molar-refractivity contribution < 1.29 is 9.63 Å². The van der Waals surface area contributed by atoms with Gasteiger partial charge in [0.05, 0.1) is 18.7 Å². The second-order valence-electron chi connectivity index (χ2n) is 2.96. The van der Waals surface area contributed by atoms with Crippen molar-refractivity contribution >= 4 is 22.2 Å². The number of thiazole rings is 1. The normalized spacial score (nSPS) is 10.7. The molecule has 6 heteroatoms. The molecule has 0 atom stereocenters. The van der Waals surface area contributed by atoms with Gasteiger partial charge in [0.25, 0.3) is 0 Å². The number of carbonyl (C=O) groups is 1. The molecule has 15 heavy (non-hydrogen) atoms. The summed E-state index contributed by atoms with van der Waals surface area (Å²) >= 11 is 1.54. The molecule has 1 amide bonds. The number of hydrogen-bond acceptors (Lipinski definition) is 4. The van der Waals surface area contributed by atoms with Crippen LogP contribution in [0.4, 0.5) is 0 Å². The van der Waals surface area contributed by atoms with E-state index < -0.39 is 0 Å². The Balaban J connectivity index is 2.00. The number of amides is 1. The maximum Gasteiger partial charge on any atom is 0.249 e. The molecule has 0 fully saturated rings. The van der Waals surface area contributed by atoms with E-state index >= 15 is 0 Å². The fourth-order valence-electron chi connectivity index (χ4n) is 1.21. The summed E-state index contributed by atoms with van der Waals surface area (Å²) in [5.74, 6) is -0.178. The molecule has 0 bridgehead atoms. The quantitative estimate of drug-likeness (QED) is 0.790. The fourth-order valence-corrected chi connectivity index (χ4v) is 1.93. The average Bonchev–Trinajstić information content (AvgIpc) is 2.74. The predicted octanol–water partition coefficient (Wildman–Crippen LogP) is 1.01. The number of nitrogens with zero attached hydrogens (tertiary/aromatic N) is 2. The molecule has 1 N–H and O–H groups in total. The van der Waals surface area contributed by atoms with Crippen LogP contribution in [0.2, 0.25) is 0 Å². The minimum absolute atomic E-state index is 0.178. The molecule has 0 spiro atoms. The van der Waals surface area contributed by atoms with Crippen LogP contribution in [0.5, 0.6) is 0 Å². The molecule has 0 aromatic carbocycles. The molecular formula is C9H11N3O2S. The van der Waals surface area contributed by atoms with Crippen molar-refractivity contribution in [3.8, 4) is 0 Å². The van der Waals surface area contributed by atoms with Gasteiger partial charge in [0.15, 0.2) is 4.96 Å². The molecule has 0 saturated carbocycles. The van der Waals surface area contributed by atoms with E-state index in [1.54, 1.807) is 11.3 Å². The number of carbonyl (C=O) groups excluding carboxylic acids is 1. The number of aromatic nitrogens is 2. The highest BCUT2D eigenvalue weighted by atomic mass is 32.1. The standard InChI is InChI=1S/C9H11N3O2S/c1-2-14-11-8(13)5-7-6-12-3-4-15-9(12)10-7/h3-4,6H,2,5H2,1H3,(H,11,13). The lowest BCUT2D eigenvalue weighted by molar-refractivity contribution is -0.132. The van der Waals surface area contributed by atoms with Gasteiger partial charge in [-0.05, 0) is 6.92 Å². The van der Waals surface area contributed by atoms with Gasteiger partial charge in [0, 0.05) is 17.8 Å². The summed E-state index contributed by atoms with van der Waals surface area (Å²) in [6.45, 7) is 2.27. The Bertz CT molecular complexity index is 434. The molecule has 0 unspecified atom stereocenters. The highest BCUT2D eigenvalue weighted by Crippen LogP contribution is 2.11. The van der Waals surface area contributed by atoms with Crippen molar-refractivity contribution in [1.82, 2.24) is 14.9 Å². The molecule has 5 nitrogen and oxygen atoms in total. The van der Waals surface area contributed by atoms with Crippen LogP contribution >= 0.6 is 11.3 Å². The van der Waals surface area contributed by atoms with Gasteiger partial charge in [0.2, 0.25) is 5.91 Å². The van der Waals surface area contributed by atoms with Gasteiger partial charge in [-0.1, -0.05) is 0 Å². The van der Waals surface area contributed by atoms with Gasteiger partial charge < -0.3 is 0 Å². The van der Waals surface area contributed by atoms with Crippen LogP contribution in [0.15, 0.2) is 17.8 Å². The van der Waals surface area contributed by atoms with E-state index in [-0.39, 0.29) is 12.3 Å². The first kappa shape index (κ1) is 10.1. The largest absolute Gasteiger partial charge is 0.297 e. The number of hydroxylamine groups is 1. The second kappa shape index (κ2) is 4.41. The SMILES string of the molecule is CCONC(=O)Cc1cn2ccsc2n1. The van der Waals surface area contributed by atoms with Gasteiger partial charge in [-0.3, -0.25) is 14.0 Å². The lowest BCUT2D eigenvalue weighted by Crippen LogP contribution is -2.25. The summed E-state index contributed by atoms with van der Waals surface area (Å²) < 4.78 is 1.90. The van der Waals surface area contributed by atoms with Gasteiger partial charge in [-0.15, -0.1) is 11.3 Å². The van der Waals surface area contributed by atoms with Crippen LogP contribution in [0.1, 0.15) is 12.6 Å². The van der Waals surface area contributed by atoms with Crippen molar-refractivity contribution in [2.45, 2.75) is 13.3 Å². The van der Waals surface area contributed by atoms with Crippen molar-refractivity contribution in [3.05, 3.63) is 23.5 Å². The zero-order valence-electron chi connectivity index (χ0n) is 8.27. The fraction of sp³-hybridized carbons (Fsp3) is 0.333. The summed E-state index contributed by atoms with van der Waals surface area (Å²) in [4.78, 5) is 21.3. The average molecular weight is 225 g/mol. The Labute approximate surface area is 90.6 Å². The molecule has 0 radical (unpaired) electrons. The molecule has 2 heterocycles. The molecular weight excluding hydrogens is 214 g/mol. The predicted molar refractivity (Wildman–Crippen MR) is 56.5 cm³/mol. The monoisotopic (exact) mass is 225 g/mol. The van der Waals surface area contributed by atoms with E-state index in [2.05, 4.69) is 10.5 Å². The first-order chi connectivity index (χ1) is 7.29.